The quantitative estimate of drug-likeness (QED) is 0.735. The van der Waals surface area contributed by atoms with E-state index in [1.54, 1.807) is 18.2 Å². The van der Waals surface area contributed by atoms with E-state index >= 15 is 0 Å². The fraction of sp³-hybridized carbons (Fsp3) is 0.100. The normalized spacial score (nSPS) is 9.00. The summed E-state index contributed by atoms with van der Waals surface area (Å²) in [4.78, 5) is 10.4. The van der Waals surface area contributed by atoms with Crippen molar-refractivity contribution >= 4 is 29.1 Å². The molecule has 0 saturated carbocycles. The number of nitrogens with two attached hydrogens (primary N) is 1. The number of carbonyl (C=O) groups is 1. The van der Waals surface area contributed by atoms with E-state index in [9.17, 15) is 4.79 Å². The second-order valence-corrected chi connectivity index (χ2v) is 3.33. The first-order valence-corrected chi connectivity index (χ1v) is 4.58. The lowest BCUT2D eigenvalue weighted by molar-refractivity contribution is -0.117. The van der Waals surface area contributed by atoms with E-state index in [0.29, 0.717) is 15.6 Å². The maximum Gasteiger partial charge on any atom is 0.229 e. The SMILES string of the molecule is NC(=O)CC#Cc1cccc(Cl)c1Cl. The van der Waals surface area contributed by atoms with Gasteiger partial charge in [-0.25, -0.2) is 0 Å². The van der Waals surface area contributed by atoms with Crippen LogP contribution >= 0.6 is 23.2 Å². The average molecular weight is 228 g/mol. The maximum absolute atomic E-state index is 10.4. The monoisotopic (exact) mass is 227 g/mol. The number of primary amides is 1. The molecular weight excluding hydrogens is 221 g/mol. The minimum atomic E-state index is -0.462. The Morgan fingerprint density at radius 2 is 2.14 bits per heavy atom. The summed E-state index contributed by atoms with van der Waals surface area (Å²) >= 11 is 11.6. The number of hydrogen-bond donors (Lipinski definition) is 1. The van der Waals surface area contributed by atoms with Crippen molar-refractivity contribution in [3.63, 3.8) is 0 Å². The summed E-state index contributed by atoms with van der Waals surface area (Å²) < 4.78 is 0. The summed E-state index contributed by atoms with van der Waals surface area (Å²) in [6.07, 6.45) is 0.0167. The Kier molecular flexibility index (Phi) is 3.82. The Hall–Kier alpha value is -1.17. The van der Waals surface area contributed by atoms with Crippen molar-refractivity contribution in [2.24, 2.45) is 5.73 Å². The lowest BCUT2D eigenvalue weighted by Crippen LogP contribution is -2.08. The van der Waals surface area contributed by atoms with Gasteiger partial charge < -0.3 is 5.73 Å². The van der Waals surface area contributed by atoms with Crippen molar-refractivity contribution in [2.75, 3.05) is 0 Å². The van der Waals surface area contributed by atoms with Crippen molar-refractivity contribution in [1.29, 1.82) is 0 Å². The molecule has 0 aliphatic rings. The predicted octanol–water partition coefficient (Wildman–Crippen LogP) is 2.22. The zero-order valence-corrected chi connectivity index (χ0v) is 8.69. The summed E-state index contributed by atoms with van der Waals surface area (Å²) in [6, 6.07) is 5.13. The molecule has 1 aromatic carbocycles. The van der Waals surface area contributed by atoms with Gasteiger partial charge in [-0.3, -0.25) is 4.79 Å². The standard InChI is InChI=1S/C10H7Cl2NO/c11-8-5-1-3-7(10(8)12)4-2-6-9(13)14/h1,3,5H,6H2,(H2,13,14). The molecule has 0 saturated heterocycles. The smallest absolute Gasteiger partial charge is 0.229 e. The highest BCUT2D eigenvalue weighted by molar-refractivity contribution is 6.42. The van der Waals surface area contributed by atoms with Crippen molar-refractivity contribution in [2.45, 2.75) is 6.42 Å². The van der Waals surface area contributed by atoms with Gasteiger partial charge in [-0.15, -0.1) is 0 Å². The van der Waals surface area contributed by atoms with Crippen LogP contribution in [0.4, 0.5) is 0 Å². The molecule has 72 valence electrons. The number of amides is 1. The number of halogens is 2. The van der Waals surface area contributed by atoms with Crippen LogP contribution in [0.5, 0.6) is 0 Å². The van der Waals surface area contributed by atoms with Gasteiger partial charge in [0.15, 0.2) is 0 Å². The van der Waals surface area contributed by atoms with Crippen molar-refractivity contribution in [3.05, 3.63) is 33.8 Å². The highest BCUT2D eigenvalue weighted by atomic mass is 35.5. The van der Waals surface area contributed by atoms with E-state index in [-0.39, 0.29) is 6.42 Å². The third-order valence-electron chi connectivity index (χ3n) is 1.44. The fourth-order valence-electron chi connectivity index (χ4n) is 0.827. The van der Waals surface area contributed by atoms with E-state index < -0.39 is 5.91 Å². The van der Waals surface area contributed by atoms with Crippen LogP contribution in [0.15, 0.2) is 18.2 Å². The molecule has 1 aromatic rings. The third kappa shape index (κ3) is 2.95. The molecule has 0 atom stereocenters. The summed E-state index contributed by atoms with van der Waals surface area (Å²) in [5.74, 6) is 4.86. The third-order valence-corrected chi connectivity index (χ3v) is 2.26. The van der Waals surface area contributed by atoms with E-state index in [2.05, 4.69) is 11.8 Å². The molecule has 0 spiro atoms. The minimum absolute atomic E-state index is 0.0167. The Bertz CT molecular complexity index is 418. The van der Waals surface area contributed by atoms with Crippen LogP contribution in [0.2, 0.25) is 10.0 Å². The maximum atomic E-state index is 10.4. The Morgan fingerprint density at radius 3 is 2.79 bits per heavy atom. The van der Waals surface area contributed by atoms with Gasteiger partial charge in [0.25, 0.3) is 0 Å². The van der Waals surface area contributed by atoms with Crippen molar-refractivity contribution < 1.29 is 4.79 Å². The molecule has 0 fully saturated rings. The van der Waals surface area contributed by atoms with Crippen LogP contribution in [0.25, 0.3) is 0 Å². The molecule has 0 aliphatic heterocycles. The first-order chi connectivity index (χ1) is 6.61. The Labute approximate surface area is 92.0 Å². The number of rotatable bonds is 1. The summed E-state index contributed by atoms with van der Waals surface area (Å²) in [5, 5.41) is 0.837. The van der Waals surface area contributed by atoms with Crippen LogP contribution in [0, 0.1) is 11.8 Å². The lowest BCUT2D eigenvalue weighted by Gasteiger charge is -1.96. The van der Waals surface area contributed by atoms with Crippen molar-refractivity contribution in [1.82, 2.24) is 0 Å². The van der Waals surface area contributed by atoms with Gasteiger partial charge in [0.1, 0.15) is 0 Å². The van der Waals surface area contributed by atoms with Crippen LogP contribution in [-0.4, -0.2) is 5.91 Å². The molecule has 4 heteroatoms. The van der Waals surface area contributed by atoms with Gasteiger partial charge in [0.2, 0.25) is 5.91 Å². The summed E-state index contributed by atoms with van der Waals surface area (Å²) in [5.41, 5.74) is 5.52. The van der Waals surface area contributed by atoms with E-state index in [0.717, 1.165) is 0 Å². The van der Waals surface area contributed by atoms with Crippen LogP contribution in [0.1, 0.15) is 12.0 Å². The molecule has 1 rings (SSSR count). The molecule has 0 radical (unpaired) electrons. The van der Waals surface area contributed by atoms with Gasteiger partial charge in [-0.2, -0.15) is 0 Å². The lowest BCUT2D eigenvalue weighted by atomic mass is 10.2. The van der Waals surface area contributed by atoms with Gasteiger partial charge in [-0.1, -0.05) is 41.1 Å². The van der Waals surface area contributed by atoms with E-state index in [1.807, 2.05) is 0 Å². The molecule has 0 aliphatic carbocycles. The second kappa shape index (κ2) is 4.90. The zero-order chi connectivity index (χ0) is 10.6. The van der Waals surface area contributed by atoms with Crippen molar-refractivity contribution in [3.8, 4) is 11.8 Å². The van der Waals surface area contributed by atoms with E-state index in [1.165, 1.54) is 0 Å². The predicted molar refractivity (Wildman–Crippen MR) is 57.2 cm³/mol. The Morgan fingerprint density at radius 1 is 1.43 bits per heavy atom. The highest BCUT2D eigenvalue weighted by Gasteiger charge is 2.00. The van der Waals surface area contributed by atoms with Gasteiger partial charge in [-0.05, 0) is 12.1 Å². The molecule has 0 unspecified atom stereocenters. The van der Waals surface area contributed by atoms with Gasteiger partial charge in [0.05, 0.1) is 16.5 Å². The molecule has 0 bridgehead atoms. The molecule has 14 heavy (non-hydrogen) atoms. The molecule has 2 nitrogen and oxygen atoms in total. The van der Waals surface area contributed by atoms with Crippen LogP contribution in [-0.2, 0) is 4.79 Å². The first kappa shape index (κ1) is 10.9. The van der Waals surface area contributed by atoms with Gasteiger partial charge in [0, 0.05) is 5.56 Å². The zero-order valence-electron chi connectivity index (χ0n) is 7.18. The molecule has 0 heterocycles. The molecule has 1 amide bonds. The Balaban J connectivity index is 2.90. The summed E-state index contributed by atoms with van der Waals surface area (Å²) in [7, 11) is 0. The summed E-state index contributed by atoms with van der Waals surface area (Å²) in [6.45, 7) is 0. The highest BCUT2D eigenvalue weighted by Crippen LogP contribution is 2.24. The number of hydrogen-bond acceptors (Lipinski definition) is 1. The average Bonchev–Trinajstić information content (AvgIpc) is 2.12. The number of benzene rings is 1. The largest absolute Gasteiger partial charge is 0.369 e. The molecular formula is C10H7Cl2NO. The fourth-order valence-corrected chi connectivity index (χ4v) is 1.17. The number of carbonyl (C=O) groups excluding carboxylic acids is 1. The molecule has 2 N–H and O–H groups in total. The first-order valence-electron chi connectivity index (χ1n) is 3.82. The second-order valence-electron chi connectivity index (χ2n) is 2.55. The topological polar surface area (TPSA) is 43.1 Å². The van der Waals surface area contributed by atoms with Crippen LogP contribution < -0.4 is 5.73 Å². The minimum Gasteiger partial charge on any atom is -0.369 e. The van der Waals surface area contributed by atoms with E-state index in [4.69, 9.17) is 28.9 Å². The molecule has 0 aromatic heterocycles. The van der Waals surface area contributed by atoms with Gasteiger partial charge >= 0.3 is 0 Å². The van der Waals surface area contributed by atoms with Crippen LogP contribution in [0.3, 0.4) is 0 Å².